The van der Waals surface area contributed by atoms with Crippen molar-refractivity contribution in [2.45, 2.75) is 0 Å². The SMILES string of the molecule is CN(C)c1ccccc1.C[N+](C)(c1ccccc1)P1(F)=NP(F)(F)=NP(F)(F)=N1.FP1(F)=NP(F)(F)=NP(F)(Cl)=N1.[Cl-]. The minimum absolute atomic E-state index is 0. The molecule has 0 saturated heterocycles. The molecule has 0 N–H and O–H groups in total. The van der Waals surface area contributed by atoms with Gasteiger partial charge in [0.25, 0.3) is 0 Å². The van der Waals surface area contributed by atoms with Crippen LogP contribution in [0.2, 0.25) is 0 Å². The van der Waals surface area contributed by atoms with E-state index in [9.17, 15) is 42.0 Å². The summed E-state index contributed by atoms with van der Waals surface area (Å²) in [5.41, 5.74) is 1.48. The number of halogens is 12. The summed E-state index contributed by atoms with van der Waals surface area (Å²) in [5, 5.41) is 0. The maximum absolute atomic E-state index is 14.8. The lowest BCUT2D eigenvalue weighted by Gasteiger charge is -2.33. The van der Waals surface area contributed by atoms with Crippen molar-refractivity contribution in [2.75, 3.05) is 33.1 Å². The first-order valence-electron chi connectivity index (χ1n) is 10.5. The number of hydrogen-bond acceptors (Lipinski definition) is 7. The molecule has 0 aromatic heterocycles. The molecule has 0 saturated carbocycles. The summed E-state index contributed by atoms with van der Waals surface area (Å²) in [4.78, 5) is 2.08. The number of nitrogens with zero attached hydrogens (tertiary/aromatic N) is 8. The van der Waals surface area contributed by atoms with Gasteiger partial charge in [-0.2, -0.15) is 4.20 Å². The van der Waals surface area contributed by atoms with E-state index in [-0.39, 0.29) is 18.1 Å². The van der Waals surface area contributed by atoms with Crippen molar-refractivity contribution in [3.63, 3.8) is 0 Å². The van der Waals surface area contributed by atoms with Gasteiger partial charge in [-0.1, -0.05) is 36.4 Å². The van der Waals surface area contributed by atoms with E-state index in [2.05, 4.69) is 37.3 Å². The molecule has 2 unspecified atom stereocenters. The Bertz CT molecular complexity index is 1500. The normalized spacial score (nSPS) is 26.0. The Balaban J connectivity index is 0.000000342. The topological polar surface area (TPSA) is 77.4 Å². The molecule has 2 aliphatic heterocycles. The molecule has 0 amide bonds. The van der Waals surface area contributed by atoms with E-state index < -0.39 is 50.1 Å². The van der Waals surface area contributed by atoms with Crippen LogP contribution < -0.4 is 21.6 Å². The van der Waals surface area contributed by atoms with Crippen LogP contribution in [0.5, 0.6) is 0 Å². The molecule has 2 heterocycles. The Hall–Kier alpha value is -0.540. The lowest BCUT2D eigenvalue weighted by Crippen LogP contribution is -3.00. The van der Waals surface area contributed by atoms with Gasteiger partial charge in [0.2, 0.25) is 0 Å². The van der Waals surface area contributed by atoms with Gasteiger partial charge in [-0.25, -0.2) is 4.25 Å². The second kappa shape index (κ2) is 14.3. The Morgan fingerprint density at radius 3 is 1.31 bits per heavy atom. The van der Waals surface area contributed by atoms with Gasteiger partial charge in [-0.3, -0.25) is 0 Å². The van der Waals surface area contributed by atoms with Crippen LogP contribution in [0.1, 0.15) is 0 Å². The fourth-order valence-corrected chi connectivity index (χ4v) is 15.4. The number of benzene rings is 2. The van der Waals surface area contributed by atoms with Gasteiger partial charge in [0.1, 0.15) is 5.69 Å². The molecule has 0 fully saturated rings. The molecular weight excluding hydrogens is 751 g/mol. The second-order valence-electron chi connectivity index (χ2n) is 8.27. The Morgan fingerprint density at radius 1 is 0.571 bits per heavy atom. The highest BCUT2D eigenvalue weighted by molar-refractivity contribution is 7.93. The van der Waals surface area contributed by atoms with Crippen molar-refractivity contribution in [3.05, 3.63) is 60.7 Å². The number of anilines is 1. The molecule has 2 aliphatic rings. The van der Waals surface area contributed by atoms with Crippen molar-refractivity contribution in [3.8, 4) is 0 Å². The van der Waals surface area contributed by atoms with Crippen LogP contribution in [-0.2, 0) is 0 Å². The average Bonchev–Trinajstić information content (AvgIpc) is 2.75. The molecule has 0 radical (unpaired) electrons. The molecule has 0 spiro atoms. The second-order valence-corrected chi connectivity index (χ2v) is 20.4. The van der Waals surface area contributed by atoms with E-state index in [1.807, 2.05) is 45.8 Å². The summed E-state index contributed by atoms with van der Waals surface area (Å²) in [5.74, 6) is 0. The van der Waals surface area contributed by atoms with Crippen LogP contribution in [0.4, 0.5) is 53.3 Å². The van der Waals surface area contributed by atoms with Gasteiger partial charge in [0.15, 0.2) is 0 Å². The zero-order chi connectivity index (χ0) is 31.5. The maximum Gasteiger partial charge on any atom is 0.450 e. The van der Waals surface area contributed by atoms with E-state index >= 15 is 0 Å². The molecule has 0 bridgehead atoms. The molecule has 2 aromatic carbocycles. The van der Waals surface area contributed by atoms with Crippen LogP contribution >= 0.6 is 57.1 Å². The highest BCUT2D eigenvalue weighted by Gasteiger charge is 2.50. The summed E-state index contributed by atoms with van der Waals surface area (Å²) in [7, 11) is -20.9. The summed E-state index contributed by atoms with van der Waals surface area (Å²) in [6.45, 7) is -4.85. The molecule has 4 rings (SSSR count). The maximum atomic E-state index is 14.8. The average molecular weight is 773 g/mol. The van der Waals surface area contributed by atoms with Crippen molar-refractivity contribution in [1.29, 1.82) is 0 Å². The lowest BCUT2D eigenvalue weighted by molar-refractivity contribution is -0.0000177. The highest BCUT2D eigenvalue weighted by atomic mass is 35.7. The fraction of sp³-hybridized carbons (Fsp3) is 0.250. The van der Waals surface area contributed by atoms with Crippen LogP contribution in [0.15, 0.2) is 87.8 Å². The van der Waals surface area contributed by atoms with E-state index in [1.54, 1.807) is 22.7 Å². The largest absolute Gasteiger partial charge is 1.00 e. The quantitative estimate of drug-likeness (QED) is 0.226. The number of quaternary nitrogens is 1. The van der Waals surface area contributed by atoms with E-state index in [4.69, 9.17) is 0 Å². The summed E-state index contributed by atoms with van der Waals surface area (Å²) < 4.78 is 141. The third kappa shape index (κ3) is 11.8. The molecule has 8 nitrogen and oxygen atoms in total. The zero-order valence-electron chi connectivity index (χ0n) is 21.6. The monoisotopic (exact) mass is 772 g/mol. The van der Waals surface area contributed by atoms with E-state index in [0.717, 1.165) is 0 Å². The minimum atomic E-state index is -5.68. The predicted molar refractivity (Wildman–Crippen MR) is 154 cm³/mol. The molecule has 240 valence electrons. The van der Waals surface area contributed by atoms with Crippen molar-refractivity contribution in [1.82, 2.24) is 4.25 Å². The van der Waals surface area contributed by atoms with Gasteiger partial charge >= 0.3 is 45.8 Å². The Labute approximate surface area is 247 Å². The van der Waals surface area contributed by atoms with Crippen LogP contribution in [0, 0.1) is 0 Å². The Morgan fingerprint density at radius 2 is 0.952 bits per heavy atom. The summed E-state index contributed by atoms with van der Waals surface area (Å²) >= 11 is 4.59. The highest BCUT2D eigenvalue weighted by Crippen LogP contribution is 2.84. The number of para-hydroxylation sites is 2. The lowest BCUT2D eigenvalue weighted by atomic mass is 10.3. The summed E-state index contributed by atoms with van der Waals surface area (Å²) in [6, 6.07) is 17.9. The smallest absolute Gasteiger partial charge is 0.450 e. The van der Waals surface area contributed by atoms with Gasteiger partial charge in [-0.15, -0.1) is 64.9 Å². The zero-order valence-corrected chi connectivity index (χ0v) is 28.4. The van der Waals surface area contributed by atoms with Crippen LogP contribution in [0.3, 0.4) is 0 Å². The third-order valence-electron chi connectivity index (χ3n) is 4.60. The molecule has 2 aromatic rings. The van der Waals surface area contributed by atoms with Gasteiger partial charge < -0.3 is 17.3 Å². The van der Waals surface area contributed by atoms with Crippen molar-refractivity contribution >= 4 is 68.5 Å². The molecule has 42 heavy (non-hydrogen) atoms. The molecule has 0 aliphatic carbocycles. The standard InChI is InChI=1S/C8H11F5N4P3.C8H11N.ClF5N3P3.ClH/c1-17(2,8-6-4-3-5-7-8)20(13)15-18(9,10)14-19(11,12)16-20;1-9(2)8-6-4-3-5-7-8;1-10(2)7-11(3,4)9-12(5,6)8-10;/h3-7H,1-2H3;3-7H,1-2H3;;1H/q+1;;;/p-1. The van der Waals surface area contributed by atoms with Gasteiger partial charge in [0, 0.05) is 19.8 Å². The predicted octanol–water partition coefficient (Wildman–Crippen LogP) is 11.6. The Kier molecular flexibility index (Phi) is 13.4. The van der Waals surface area contributed by atoms with Crippen molar-refractivity contribution in [2.24, 2.45) is 27.1 Å². The minimum Gasteiger partial charge on any atom is -1.00 e. The molecule has 26 heteroatoms. The first-order valence-corrected chi connectivity index (χ1v) is 20.4. The fourth-order valence-electron chi connectivity index (χ4n) is 2.76. The molecular formula is C16H22Cl2F10N8P6. The summed E-state index contributed by atoms with van der Waals surface area (Å²) in [6.07, 6.45) is 0. The number of hydrogen-bond donors (Lipinski definition) is 0. The number of rotatable bonds is 3. The first-order chi connectivity index (χ1) is 18.4. The third-order valence-corrected chi connectivity index (χ3v) is 17.8. The van der Waals surface area contributed by atoms with Gasteiger partial charge in [-0.05, 0) is 35.5 Å². The van der Waals surface area contributed by atoms with Crippen LogP contribution in [-0.4, -0.2) is 28.2 Å². The van der Waals surface area contributed by atoms with E-state index in [0.29, 0.717) is 0 Å². The first kappa shape index (κ1) is 39.5. The van der Waals surface area contributed by atoms with Gasteiger partial charge in [0.05, 0.1) is 14.1 Å². The molecule has 2 atom stereocenters. The van der Waals surface area contributed by atoms with Crippen molar-refractivity contribution < 1.29 is 54.4 Å². The van der Waals surface area contributed by atoms with Crippen LogP contribution in [0.25, 0.3) is 0 Å². The van der Waals surface area contributed by atoms with E-state index in [1.165, 1.54) is 31.9 Å².